The van der Waals surface area contributed by atoms with Crippen LogP contribution in [0.4, 0.5) is 15.8 Å². The van der Waals surface area contributed by atoms with Gasteiger partial charge in [-0.25, -0.2) is 4.39 Å². The van der Waals surface area contributed by atoms with Gasteiger partial charge in [-0.3, -0.25) is 14.4 Å². The number of anilines is 2. The molecule has 1 atom stereocenters. The number of amides is 3. The van der Waals surface area contributed by atoms with E-state index in [2.05, 4.69) is 10.6 Å². The molecule has 6 nitrogen and oxygen atoms in total. The van der Waals surface area contributed by atoms with Crippen molar-refractivity contribution in [2.45, 2.75) is 53.0 Å². The number of halogens is 1. The van der Waals surface area contributed by atoms with Gasteiger partial charge in [-0.05, 0) is 36.5 Å². The number of rotatable bonds is 7. The number of hydrogen-bond donors (Lipinski definition) is 2. The molecule has 2 N–H and O–H groups in total. The van der Waals surface area contributed by atoms with Gasteiger partial charge >= 0.3 is 0 Å². The molecular weight excluding hydrogens is 349 g/mol. The summed E-state index contributed by atoms with van der Waals surface area (Å²) in [4.78, 5) is 38.0. The molecule has 0 saturated carbocycles. The van der Waals surface area contributed by atoms with Gasteiger partial charge in [0.05, 0.1) is 5.69 Å². The number of hydrogen-bond acceptors (Lipinski definition) is 3. The molecule has 1 fully saturated rings. The number of benzene rings is 1. The predicted octanol–water partition coefficient (Wildman–Crippen LogP) is 3.08. The largest absolute Gasteiger partial charge is 0.344 e. The molecule has 0 bridgehead atoms. The average molecular weight is 377 g/mol. The van der Waals surface area contributed by atoms with Crippen LogP contribution >= 0.6 is 0 Å². The molecule has 1 aliphatic rings. The number of nitrogens with one attached hydrogen (secondary N) is 2. The van der Waals surface area contributed by atoms with Crippen molar-refractivity contribution in [1.29, 1.82) is 0 Å². The lowest BCUT2D eigenvalue weighted by Gasteiger charge is -2.23. The highest BCUT2D eigenvalue weighted by Gasteiger charge is 2.27. The van der Waals surface area contributed by atoms with E-state index in [-0.39, 0.29) is 35.2 Å². The van der Waals surface area contributed by atoms with Crippen LogP contribution in [0.1, 0.15) is 47.0 Å². The lowest BCUT2D eigenvalue weighted by molar-refractivity contribution is -0.127. The number of nitrogens with zero attached hydrogens (tertiary/aromatic N) is 1. The fraction of sp³-hybridized carbons (Fsp3) is 0.550. The first-order chi connectivity index (χ1) is 12.7. The molecule has 1 heterocycles. The summed E-state index contributed by atoms with van der Waals surface area (Å²) in [7, 11) is 0. The van der Waals surface area contributed by atoms with Gasteiger partial charge in [-0.2, -0.15) is 0 Å². The van der Waals surface area contributed by atoms with Gasteiger partial charge in [0.1, 0.15) is 11.9 Å². The number of carbonyl (C=O) groups is 3. The smallest absolute Gasteiger partial charge is 0.247 e. The topological polar surface area (TPSA) is 78.5 Å². The molecule has 2 rings (SSSR count). The summed E-state index contributed by atoms with van der Waals surface area (Å²) in [5.41, 5.74) is 0.556. The maximum Gasteiger partial charge on any atom is 0.247 e. The molecule has 148 valence electrons. The van der Waals surface area contributed by atoms with E-state index < -0.39 is 11.9 Å². The molecule has 3 amide bonds. The zero-order valence-corrected chi connectivity index (χ0v) is 16.3. The van der Waals surface area contributed by atoms with E-state index in [9.17, 15) is 18.8 Å². The van der Waals surface area contributed by atoms with Gasteiger partial charge in [0.2, 0.25) is 17.7 Å². The van der Waals surface area contributed by atoms with E-state index in [4.69, 9.17) is 0 Å². The molecule has 7 heteroatoms. The molecule has 0 aliphatic carbocycles. The van der Waals surface area contributed by atoms with E-state index in [1.165, 1.54) is 23.1 Å². The Bertz CT molecular complexity index is 718. The number of carbonyl (C=O) groups excluding carboxylic acids is 3. The van der Waals surface area contributed by atoms with Gasteiger partial charge in [0, 0.05) is 25.1 Å². The Morgan fingerprint density at radius 2 is 1.93 bits per heavy atom. The van der Waals surface area contributed by atoms with E-state index >= 15 is 0 Å². The first-order valence-corrected chi connectivity index (χ1v) is 9.39. The van der Waals surface area contributed by atoms with E-state index in [1.54, 1.807) is 0 Å². The maximum absolute atomic E-state index is 14.1. The van der Waals surface area contributed by atoms with E-state index in [0.29, 0.717) is 31.5 Å². The highest BCUT2D eigenvalue weighted by atomic mass is 19.1. The highest BCUT2D eigenvalue weighted by molar-refractivity contribution is 5.99. The van der Waals surface area contributed by atoms with Crippen molar-refractivity contribution < 1.29 is 18.8 Å². The van der Waals surface area contributed by atoms with Crippen LogP contribution in [0, 0.1) is 17.7 Å². The van der Waals surface area contributed by atoms with Crippen LogP contribution in [0.25, 0.3) is 0 Å². The molecule has 0 aromatic heterocycles. The molecule has 1 saturated heterocycles. The molecule has 1 aromatic rings. The predicted molar refractivity (Wildman–Crippen MR) is 103 cm³/mol. The fourth-order valence-corrected chi connectivity index (χ4v) is 3.06. The van der Waals surface area contributed by atoms with Crippen LogP contribution in [-0.2, 0) is 14.4 Å². The Kier molecular flexibility index (Phi) is 6.93. The van der Waals surface area contributed by atoms with Crippen LogP contribution in [0.5, 0.6) is 0 Å². The fourth-order valence-electron chi connectivity index (χ4n) is 3.06. The van der Waals surface area contributed by atoms with Crippen molar-refractivity contribution in [3.05, 3.63) is 24.0 Å². The van der Waals surface area contributed by atoms with E-state index in [0.717, 1.165) is 0 Å². The Labute approximate surface area is 159 Å². The zero-order valence-electron chi connectivity index (χ0n) is 16.3. The van der Waals surface area contributed by atoms with Gasteiger partial charge in [0.15, 0.2) is 0 Å². The average Bonchev–Trinajstić information content (AvgIpc) is 2.99. The SMILES string of the molecule is CC(C)CC(=O)NC(C(=O)Nc1ccc(F)c(N2CCCC2=O)c1)C(C)C. The molecule has 1 unspecified atom stereocenters. The minimum Gasteiger partial charge on any atom is -0.344 e. The summed E-state index contributed by atoms with van der Waals surface area (Å²) in [6.07, 6.45) is 1.42. The summed E-state index contributed by atoms with van der Waals surface area (Å²) < 4.78 is 14.1. The first-order valence-electron chi connectivity index (χ1n) is 9.39. The monoisotopic (exact) mass is 377 g/mol. The molecule has 1 aliphatic heterocycles. The lowest BCUT2D eigenvalue weighted by Crippen LogP contribution is -2.47. The Hall–Kier alpha value is -2.44. The summed E-state index contributed by atoms with van der Waals surface area (Å²) in [6.45, 7) is 8.03. The van der Waals surface area contributed by atoms with Crippen LogP contribution in [0.2, 0.25) is 0 Å². The summed E-state index contributed by atoms with van der Waals surface area (Å²) in [5, 5.41) is 5.50. The second-order valence-electron chi connectivity index (χ2n) is 7.69. The molecule has 27 heavy (non-hydrogen) atoms. The van der Waals surface area contributed by atoms with E-state index in [1.807, 2.05) is 27.7 Å². The third-order valence-corrected chi connectivity index (χ3v) is 4.44. The van der Waals surface area contributed by atoms with Crippen molar-refractivity contribution in [3.8, 4) is 0 Å². The van der Waals surface area contributed by atoms with Gasteiger partial charge < -0.3 is 15.5 Å². The van der Waals surface area contributed by atoms with Crippen molar-refractivity contribution in [2.24, 2.45) is 11.8 Å². The Morgan fingerprint density at radius 3 is 2.48 bits per heavy atom. The van der Waals surface area contributed by atoms with Crippen molar-refractivity contribution >= 4 is 29.1 Å². The van der Waals surface area contributed by atoms with Crippen molar-refractivity contribution in [3.63, 3.8) is 0 Å². The van der Waals surface area contributed by atoms with Crippen LogP contribution in [0.3, 0.4) is 0 Å². The minimum absolute atomic E-state index is 0.110. The molecule has 1 aromatic carbocycles. The van der Waals surface area contributed by atoms with Crippen LogP contribution < -0.4 is 15.5 Å². The lowest BCUT2D eigenvalue weighted by atomic mass is 10.0. The van der Waals surface area contributed by atoms with Crippen LogP contribution in [-0.4, -0.2) is 30.3 Å². The third-order valence-electron chi connectivity index (χ3n) is 4.44. The maximum atomic E-state index is 14.1. The summed E-state index contributed by atoms with van der Waals surface area (Å²) in [6, 6.07) is 3.45. The van der Waals surface area contributed by atoms with Crippen molar-refractivity contribution in [1.82, 2.24) is 5.32 Å². The molecule has 0 spiro atoms. The highest BCUT2D eigenvalue weighted by Crippen LogP contribution is 2.27. The van der Waals surface area contributed by atoms with Gasteiger partial charge in [-0.1, -0.05) is 27.7 Å². The first kappa shape index (κ1) is 20.9. The summed E-state index contributed by atoms with van der Waals surface area (Å²) in [5.74, 6) is -1.10. The van der Waals surface area contributed by atoms with Crippen LogP contribution in [0.15, 0.2) is 18.2 Å². The Balaban J connectivity index is 2.13. The normalized spacial score (nSPS) is 15.4. The zero-order chi connectivity index (χ0) is 20.1. The van der Waals surface area contributed by atoms with Gasteiger partial charge in [0.25, 0.3) is 0 Å². The Morgan fingerprint density at radius 1 is 1.22 bits per heavy atom. The third kappa shape index (κ3) is 5.52. The summed E-state index contributed by atoms with van der Waals surface area (Å²) >= 11 is 0. The molecule has 0 radical (unpaired) electrons. The second-order valence-corrected chi connectivity index (χ2v) is 7.69. The molecular formula is C20H28FN3O3. The van der Waals surface area contributed by atoms with Gasteiger partial charge in [-0.15, -0.1) is 0 Å². The minimum atomic E-state index is -0.696. The van der Waals surface area contributed by atoms with Crippen molar-refractivity contribution in [2.75, 3.05) is 16.8 Å². The second kappa shape index (κ2) is 8.97. The quantitative estimate of drug-likeness (QED) is 0.766. The standard InChI is InChI=1S/C20H28FN3O3/c1-12(2)10-17(25)23-19(13(3)4)20(27)22-14-7-8-15(21)16(11-14)24-9-5-6-18(24)26/h7-8,11-13,19H,5-6,9-10H2,1-4H3,(H,22,27)(H,23,25).